The van der Waals surface area contributed by atoms with Crippen molar-refractivity contribution < 1.29 is 28.5 Å². The summed E-state index contributed by atoms with van der Waals surface area (Å²) in [6.07, 6.45) is 16.7. The summed E-state index contributed by atoms with van der Waals surface area (Å²) in [5.41, 5.74) is -1.84. The Kier molecular flexibility index (Phi) is 7.10. The molecule has 0 radical (unpaired) electrons. The number of ether oxygens (including phenoxy) is 5. The molecule has 0 saturated heterocycles. The number of hydrogen-bond donors (Lipinski definition) is 0. The number of carbonyl (C=O) groups is 1. The standard InChI is InChI=1S/C30H50O6/c1-6-25(2,3)24(31)34-26-17-23-18-27(20-26,35-29(32-4)13-9-7-10-14-29)22-28(19-23,21-26)36-30(33-5)15-11-8-12-16-30/h23H,6-22H2,1-5H3. The Bertz CT molecular complexity index is 764. The molecule has 6 fully saturated rings. The third-order valence-corrected chi connectivity index (χ3v) is 10.4. The van der Waals surface area contributed by atoms with Crippen LogP contribution in [-0.2, 0) is 28.5 Å². The number of hydrogen-bond acceptors (Lipinski definition) is 6. The van der Waals surface area contributed by atoms with Gasteiger partial charge in [-0.15, -0.1) is 0 Å². The van der Waals surface area contributed by atoms with Crippen molar-refractivity contribution in [1.82, 2.24) is 0 Å². The molecule has 4 bridgehead atoms. The maximum absolute atomic E-state index is 13.5. The number of rotatable bonds is 9. The maximum atomic E-state index is 13.5. The van der Waals surface area contributed by atoms with Crippen LogP contribution in [0, 0.1) is 11.3 Å². The van der Waals surface area contributed by atoms with Gasteiger partial charge in [-0.2, -0.15) is 0 Å². The smallest absolute Gasteiger partial charge is 0.312 e. The molecule has 6 rings (SSSR count). The number of methoxy groups -OCH3 is 2. The Hall–Kier alpha value is -0.690. The summed E-state index contributed by atoms with van der Waals surface area (Å²) >= 11 is 0. The second kappa shape index (κ2) is 9.50. The van der Waals surface area contributed by atoms with Crippen LogP contribution in [0.3, 0.4) is 0 Å². The molecule has 36 heavy (non-hydrogen) atoms. The first-order chi connectivity index (χ1) is 17.0. The third kappa shape index (κ3) is 4.89. The highest BCUT2D eigenvalue weighted by molar-refractivity contribution is 5.76. The van der Waals surface area contributed by atoms with E-state index in [1.165, 1.54) is 12.8 Å². The van der Waals surface area contributed by atoms with Gasteiger partial charge in [0.25, 0.3) is 0 Å². The molecule has 0 amide bonds. The van der Waals surface area contributed by atoms with Crippen LogP contribution in [0.25, 0.3) is 0 Å². The van der Waals surface area contributed by atoms with E-state index in [-0.39, 0.29) is 5.97 Å². The van der Waals surface area contributed by atoms with Crippen LogP contribution < -0.4 is 0 Å². The average molecular weight is 507 g/mol. The van der Waals surface area contributed by atoms with E-state index in [0.29, 0.717) is 5.92 Å². The molecule has 6 aliphatic rings. The monoisotopic (exact) mass is 506 g/mol. The van der Waals surface area contributed by atoms with Gasteiger partial charge in [0, 0.05) is 59.2 Å². The summed E-state index contributed by atoms with van der Waals surface area (Å²) in [6, 6.07) is 0. The normalized spacial score (nSPS) is 39.2. The van der Waals surface area contributed by atoms with Crippen molar-refractivity contribution in [3.63, 3.8) is 0 Å². The lowest BCUT2D eigenvalue weighted by Crippen LogP contribution is -2.71. The van der Waals surface area contributed by atoms with Crippen LogP contribution in [0.4, 0.5) is 0 Å². The Morgan fingerprint density at radius 2 is 1.14 bits per heavy atom. The van der Waals surface area contributed by atoms with Gasteiger partial charge in [-0.25, -0.2) is 0 Å². The number of carbonyl (C=O) groups excluding carboxylic acids is 1. The van der Waals surface area contributed by atoms with E-state index in [9.17, 15) is 4.79 Å². The van der Waals surface area contributed by atoms with Crippen molar-refractivity contribution in [2.24, 2.45) is 11.3 Å². The maximum Gasteiger partial charge on any atom is 0.312 e. The minimum absolute atomic E-state index is 0.0875. The molecule has 0 aromatic carbocycles. The average Bonchev–Trinajstić information content (AvgIpc) is 2.83. The highest BCUT2D eigenvalue weighted by atomic mass is 16.7. The van der Waals surface area contributed by atoms with Crippen molar-refractivity contribution in [2.75, 3.05) is 14.2 Å². The van der Waals surface area contributed by atoms with Gasteiger partial charge in [0.15, 0.2) is 11.6 Å². The molecule has 0 heterocycles. The molecular formula is C30H50O6. The molecule has 0 N–H and O–H groups in total. The van der Waals surface area contributed by atoms with E-state index < -0.39 is 33.8 Å². The molecule has 0 aliphatic heterocycles. The topological polar surface area (TPSA) is 63.2 Å². The lowest BCUT2D eigenvalue weighted by molar-refractivity contribution is -0.382. The molecule has 6 saturated carbocycles. The zero-order chi connectivity index (χ0) is 25.7. The van der Waals surface area contributed by atoms with Crippen LogP contribution >= 0.6 is 0 Å². The van der Waals surface area contributed by atoms with E-state index in [2.05, 4.69) is 6.92 Å². The fourth-order valence-corrected chi connectivity index (χ4v) is 8.66. The van der Waals surface area contributed by atoms with Gasteiger partial charge in [0.2, 0.25) is 0 Å². The van der Waals surface area contributed by atoms with Crippen LogP contribution in [0.15, 0.2) is 0 Å². The molecule has 0 spiro atoms. The third-order valence-electron chi connectivity index (χ3n) is 10.4. The first-order valence-electron chi connectivity index (χ1n) is 14.8. The minimum Gasteiger partial charge on any atom is -0.458 e. The highest BCUT2D eigenvalue weighted by Gasteiger charge is 2.69. The van der Waals surface area contributed by atoms with Crippen LogP contribution in [0.2, 0.25) is 0 Å². The lowest BCUT2D eigenvalue weighted by atomic mass is 9.50. The van der Waals surface area contributed by atoms with Gasteiger partial charge >= 0.3 is 5.97 Å². The first kappa shape index (κ1) is 26.9. The molecule has 0 aromatic rings. The van der Waals surface area contributed by atoms with Crippen LogP contribution in [0.1, 0.15) is 130 Å². The lowest BCUT2D eigenvalue weighted by Gasteiger charge is -2.67. The van der Waals surface area contributed by atoms with Gasteiger partial charge in [-0.3, -0.25) is 4.79 Å². The Morgan fingerprint density at radius 3 is 1.56 bits per heavy atom. The Balaban J connectivity index is 1.49. The number of esters is 1. The van der Waals surface area contributed by atoms with Crippen molar-refractivity contribution in [2.45, 2.75) is 158 Å². The van der Waals surface area contributed by atoms with Crippen LogP contribution in [0.5, 0.6) is 0 Å². The highest BCUT2D eigenvalue weighted by Crippen LogP contribution is 2.65. The molecule has 6 heteroatoms. The second-order valence-electron chi connectivity index (χ2n) is 13.7. The van der Waals surface area contributed by atoms with E-state index in [1.807, 2.05) is 13.8 Å². The van der Waals surface area contributed by atoms with E-state index >= 15 is 0 Å². The van der Waals surface area contributed by atoms with Crippen molar-refractivity contribution >= 4 is 5.97 Å². The fraction of sp³-hybridized carbons (Fsp3) is 0.967. The minimum atomic E-state index is -0.545. The van der Waals surface area contributed by atoms with E-state index in [4.69, 9.17) is 23.7 Å². The fourth-order valence-electron chi connectivity index (χ4n) is 8.66. The molecule has 2 unspecified atom stereocenters. The van der Waals surface area contributed by atoms with Gasteiger partial charge in [-0.1, -0.05) is 19.8 Å². The molecule has 6 nitrogen and oxygen atoms in total. The largest absolute Gasteiger partial charge is 0.458 e. The van der Waals surface area contributed by atoms with E-state index in [0.717, 1.165) is 96.3 Å². The molecule has 0 aromatic heterocycles. The molecule has 6 aliphatic carbocycles. The first-order valence-corrected chi connectivity index (χ1v) is 14.8. The summed E-state index contributed by atoms with van der Waals surface area (Å²) in [5, 5.41) is 0. The molecular weight excluding hydrogens is 456 g/mol. The quantitative estimate of drug-likeness (QED) is 0.252. The van der Waals surface area contributed by atoms with Crippen molar-refractivity contribution in [1.29, 1.82) is 0 Å². The summed E-state index contributed by atoms with van der Waals surface area (Å²) in [6.45, 7) is 6.06. The summed E-state index contributed by atoms with van der Waals surface area (Å²) in [4.78, 5) is 13.5. The van der Waals surface area contributed by atoms with Crippen LogP contribution in [-0.4, -0.2) is 48.6 Å². The zero-order valence-corrected chi connectivity index (χ0v) is 23.5. The zero-order valence-electron chi connectivity index (χ0n) is 23.5. The van der Waals surface area contributed by atoms with Crippen molar-refractivity contribution in [3.05, 3.63) is 0 Å². The Labute approximate surface area is 218 Å². The van der Waals surface area contributed by atoms with Gasteiger partial charge < -0.3 is 23.7 Å². The van der Waals surface area contributed by atoms with Gasteiger partial charge in [0.1, 0.15) is 5.60 Å². The summed E-state index contributed by atoms with van der Waals surface area (Å²) in [7, 11) is 3.61. The molecule has 206 valence electrons. The predicted molar refractivity (Wildman–Crippen MR) is 137 cm³/mol. The predicted octanol–water partition coefficient (Wildman–Crippen LogP) is 6.83. The Morgan fingerprint density at radius 1 is 0.722 bits per heavy atom. The van der Waals surface area contributed by atoms with Gasteiger partial charge in [0.05, 0.1) is 16.6 Å². The van der Waals surface area contributed by atoms with E-state index in [1.54, 1.807) is 14.2 Å². The van der Waals surface area contributed by atoms with Gasteiger partial charge in [-0.05, 0) is 71.1 Å². The molecule has 2 atom stereocenters. The van der Waals surface area contributed by atoms with Crippen molar-refractivity contribution in [3.8, 4) is 0 Å². The summed E-state index contributed by atoms with van der Waals surface area (Å²) < 4.78 is 33.2. The summed E-state index contributed by atoms with van der Waals surface area (Å²) in [5.74, 6) is -0.754. The SMILES string of the molecule is CCC(C)(C)C(=O)OC12CC3CC(OC4(OC)CCCCC4)(C1)CC(OC1(OC)CCCCC1)(C3)C2. The second-order valence-corrected chi connectivity index (χ2v) is 13.7.